The number of anilines is 2. The van der Waals surface area contributed by atoms with Crippen LogP contribution in [0.3, 0.4) is 0 Å². The fraction of sp³-hybridized carbons (Fsp3) is 0.286. The molecule has 2 N–H and O–H groups in total. The van der Waals surface area contributed by atoms with Gasteiger partial charge in [0, 0.05) is 54.1 Å². The molecule has 10 nitrogen and oxygen atoms in total. The monoisotopic (exact) mass is 599 g/mol. The molecule has 0 bridgehead atoms. The lowest BCUT2D eigenvalue weighted by atomic mass is 9.78. The van der Waals surface area contributed by atoms with E-state index < -0.39 is 0 Å². The van der Waals surface area contributed by atoms with Crippen molar-refractivity contribution in [1.29, 1.82) is 0 Å². The van der Waals surface area contributed by atoms with E-state index in [0.29, 0.717) is 25.2 Å². The standard InChI is InChI=1S/C35H33N7O3/c1-22-10-31-32(14-28(22)24-3-5-30-27(12-24)17-38-40-30)45-33-13-25(23-2-4-29-26(11-23)16-37-39-29)15-36-34(33)42(31)7-9-43-8-6-41-18-35(19-41)20-44-21-35/h2-5,10-17H,6-9,18-21H2,1H3,(H,37,39)(H,38,40). The highest BCUT2D eigenvalue weighted by atomic mass is 16.5. The molecule has 1 spiro atoms. The van der Waals surface area contributed by atoms with Gasteiger partial charge in [-0.05, 0) is 71.6 Å². The molecule has 9 rings (SSSR count). The van der Waals surface area contributed by atoms with Gasteiger partial charge in [0.2, 0.25) is 0 Å². The molecule has 10 heteroatoms. The zero-order valence-electron chi connectivity index (χ0n) is 25.0. The molecule has 0 amide bonds. The topological polar surface area (TPSA) is 104 Å². The second kappa shape index (κ2) is 10.4. The largest absolute Gasteiger partial charge is 0.451 e. The Balaban J connectivity index is 1.01. The second-order valence-electron chi connectivity index (χ2n) is 12.6. The van der Waals surface area contributed by atoms with Gasteiger partial charge in [-0.1, -0.05) is 12.1 Å². The minimum atomic E-state index is 0.428. The van der Waals surface area contributed by atoms with Crippen molar-refractivity contribution in [3.05, 3.63) is 78.8 Å². The fourth-order valence-corrected chi connectivity index (χ4v) is 6.93. The molecule has 0 unspecified atom stereocenters. The highest BCUT2D eigenvalue weighted by Gasteiger charge is 2.48. The maximum Gasteiger partial charge on any atom is 0.176 e. The van der Waals surface area contributed by atoms with Gasteiger partial charge in [0.1, 0.15) is 0 Å². The van der Waals surface area contributed by atoms with Crippen LogP contribution in [-0.2, 0) is 9.47 Å². The number of nitrogens with one attached hydrogen (secondary N) is 2. The molecular weight excluding hydrogens is 566 g/mol. The third kappa shape index (κ3) is 4.64. The van der Waals surface area contributed by atoms with E-state index in [1.54, 1.807) is 0 Å². The van der Waals surface area contributed by atoms with Crippen LogP contribution in [-0.4, -0.2) is 82.9 Å². The van der Waals surface area contributed by atoms with Gasteiger partial charge in [-0.15, -0.1) is 0 Å². The normalized spacial score (nSPS) is 16.8. The quantitative estimate of drug-likeness (QED) is 0.203. The number of hydrogen-bond donors (Lipinski definition) is 2. The third-order valence-corrected chi connectivity index (χ3v) is 9.38. The SMILES string of the molecule is Cc1cc2c(cc1-c1ccc3[nH]ncc3c1)Oc1cc(-c3ccc4[nH]ncc4c3)cnc1N2CCOCCN1CC2(COC2)C1. The Morgan fingerprint density at radius 1 is 0.800 bits per heavy atom. The van der Waals surface area contributed by atoms with E-state index in [1.165, 1.54) is 0 Å². The van der Waals surface area contributed by atoms with Crippen molar-refractivity contribution in [1.82, 2.24) is 30.3 Å². The number of nitrogens with zero attached hydrogens (tertiary/aromatic N) is 5. The highest BCUT2D eigenvalue weighted by molar-refractivity contribution is 5.88. The minimum absolute atomic E-state index is 0.428. The van der Waals surface area contributed by atoms with Crippen molar-refractivity contribution in [2.24, 2.45) is 5.41 Å². The summed E-state index contributed by atoms with van der Waals surface area (Å²) >= 11 is 0. The van der Waals surface area contributed by atoms with Crippen LogP contribution in [0.15, 0.2) is 73.2 Å². The molecule has 3 aromatic carbocycles. The number of pyridine rings is 1. The molecule has 3 aliphatic heterocycles. The van der Waals surface area contributed by atoms with Crippen LogP contribution in [0.25, 0.3) is 44.1 Å². The number of aromatic amines is 2. The van der Waals surface area contributed by atoms with Gasteiger partial charge in [-0.3, -0.25) is 15.1 Å². The van der Waals surface area contributed by atoms with Crippen LogP contribution in [0, 0.1) is 12.3 Å². The smallest absolute Gasteiger partial charge is 0.176 e. The summed E-state index contributed by atoms with van der Waals surface area (Å²) in [7, 11) is 0. The van der Waals surface area contributed by atoms with Crippen LogP contribution in [0.1, 0.15) is 5.56 Å². The van der Waals surface area contributed by atoms with E-state index in [1.807, 2.05) is 24.7 Å². The Morgan fingerprint density at radius 3 is 2.29 bits per heavy atom. The van der Waals surface area contributed by atoms with Gasteiger partial charge in [-0.2, -0.15) is 10.2 Å². The number of H-pyrrole nitrogens is 2. The number of aromatic nitrogens is 5. The predicted octanol–water partition coefficient (Wildman–Crippen LogP) is 6.07. The molecule has 6 aromatic rings. The summed E-state index contributed by atoms with van der Waals surface area (Å²) < 4.78 is 18.2. The molecular formula is C35H33N7O3. The second-order valence-corrected chi connectivity index (χ2v) is 12.6. The van der Waals surface area contributed by atoms with E-state index in [2.05, 4.69) is 85.6 Å². The Kier molecular flexibility index (Phi) is 6.15. The lowest BCUT2D eigenvalue weighted by Gasteiger charge is -2.55. The van der Waals surface area contributed by atoms with E-state index in [9.17, 15) is 0 Å². The minimum Gasteiger partial charge on any atom is -0.451 e. The molecule has 0 radical (unpaired) electrons. The average molecular weight is 600 g/mol. The summed E-state index contributed by atoms with van der Waals surface area (Å²) in [6.07, 6.45) is 5.62. The molecule has 0 saturated carbocycles. The Labute approximate surface area is 259 Å². The maximum atomic E-state index is 6.65. The van der Waals surface area contributed by atoms with Crippen molar-refractivity contribution >= 4 is 33.3 Å². The van der Waals surface area contributed by atoms with Gasteiger partial charge in [0.25, 0.3) is 0 Å². The zero-order chi connectivity index (χ0) is 30.0. The summed E-state index contributed by atoms with van der Waals surface area (Å²) in [5.41, 5.74) is 8.88. The highest BCUT2D eigenvalue weighted by Crippen LogP contribution is 2.49. The van der Waals surface area contributed by atoms with Crippen molar-refractivity contribution in [2.45, 2.75) is 6.92 Å². The number of aryl methyl sites for hydroxylation is 1. The molecule has 6 heterocycles. The maximum absolute atomic E-state index is 6.65. The van der Waals surface area contributed by atoms with Crippen LogP contribution in [0.5, 0.6) is 11.5 Å². The molecule has 45 heavy (non-hydrogen) atoms. The molecule has 226 valence electrons. The lowest BCUT2D eigenvalue weighted by molar-refractivity contribution is -0.190. The zero-order valence-corrected chi connectivity index (χ0v) is 25.0. The van der Waals surface area contributed by atoms with Gasteiger partial charge < -0.3 is 19.1 Å². The molecule has 2 saturated heterocycles. The first-order chi connectivity index (χ1) is 22.1. The summed E-state index contributed by atoms with van der Waals surface area (Å²) in [5.74, 6) is 2.31. The summed E-state index contributed by atoms with van der Waals surface area (Å²) in [5, 5.41) is 16.6. The van der Waals surface area contributed by atoms with Crippen molar-refractivity contribution in [3.8, 4) is 33.8 Å². The van der Waals surface area contributed by atoms with Gasteiger partial charge in [-0.25, -0.2) is 4.98 Å². The van der Waals surface area contributed by atoms with Gasteiger partial charge in [0.15, 0.2) is 17.3 Å². The summed E-state index contributed by atoms with van der Waals surface area (Å²) in [6.45, 7) is 9.11. The molecule has 2 fully saturated rings. The summed E-state index contributed by atoms with van der Waals surface area (Å²) in [6, 6.07) is 19.1. The predicted molar refractivity (Wildman–Crippen MR) is 173 cm³/mol. The average Bonchev–Trinajstić information content (AvgIpc) is 3.69. The number of hydrogen-bond acceptors (Lipinski definition) is 8. The molecule has 0 aliphatic carbocycles. The van der Waals surface area contributed by atoms with Crippen LogP contribution < -0.4 is 9.64 Å². The first kappa shape index (κ1) is 26.6. The van der Waals surface area contributed by atoms with Crippen molar-refractivity contribution in [2.75, 3.05) is 57.5 Å². The number of rotatable bonds is 8. The van der Waals surface area contributed by atoms with E-state index in [0.717, 1.165) is 105 Å². The number of likely N-dealkylation sites (tertiary alicyclic amines) is 1. The van der Waals surface area contributed by atoms with E-state index in [4.69, 9.17) is 19.2 Å². The van der Waals surface area contributed by atoms with Crippen molar-refractivity contribution < 1.29 is 14.2 Å². The van der Waals surface area contributed by atoms with Crippen molar-refractivity contribution in [3.63, 3.8) is 0 Å². The van der Waals surface area contributed by atoms with Crippen LogP contribution in [0.2, 0.25) is 0 Å². The van der Waals surface area contributed by atoms with E-state index >= 15 is 0 Å². The van der Waals surface area contributed by atoms with Crippen LogP contribution in [0.4, 0.5) is 11.5 Å². The van der Waals surface area contributed by atoms with E-state index in [-0.39, 0.29) is 0 Å². The summed E-state index contributed by atoms with van der Waals surface area (Å²) in [4.78, 5) is 9.64. The Hall–Kier alpha value is -4.77. The van der Waals surface area contributed by atoms with Crippen LogP contribution >= 0.6 is 0 Å². The fourth-order valence-electron chi connectivity index (χ4n) is 6.93. The third-order valence-electron chi connectivity index (χ3n) is 9.38. The number of benzene rings is 3. The first-order valence-corrected chi connectivity index (χ1v) is 15.5. The number of ether oxygens (including phenoxy) is 3. The molecule has 3 aromatic heterocycles. The molecule has 3 aliphatic rings. The Bertz CT molecular complexity index is 2060. The number of fused-ring (bicyclic) bond motifs is 4. The van der Waals surface area contributed by atoms with Gasteiger partial charge >= 0.3 is 0 Å². The molecule has 0 atom stereocenters. The van der Waals surface area contributed by atoms with Gasteiger partial charge in [0.05, 0.1) is 55.5 Å². The Morgan fingerprint density at radius 2 is 1.53 bits per heavy atom. The first-order valence-electron chi connectivity index (χ1n) is 15.5. The lowest BCUT2D eigenvalue weighted by Crippen LogP contribution is -2.66.